The molecule has 0 amide bonds. The van der Waals surface area contributed by atoms with Crippen LogP contribution in [0.15, 0.2) is 17.1 Å². The maximum Gasteiger partial charge on any atom is 0.351 e. The second-order valence-corrected chi connectivity index (χ2v) is 5.00. The average Bonchev–Trinajstić information content (AvgIpc) is 2.73. The minimum Gasteiger partial charge on any atom is -0.394 e. The van der Waals surface area contributed by atoms with Gasteiger partial charge in [0.05, 0.1) is 12.7 Å². The summed E-state index contributed by atoms with van der Waals surface area (Å²) in [6.07, 6.45) is 1.70. The van der Waals surface area contributed by atoms with E-state index in [0.29, 0.717) is 12.3 Å². The Labute approximate surface area is 105 Å². The van der Waals surface area contributed by atoms with Crippen LogP contribution in [-0.4, -0.2) is 27.4 Å². The number of aromatic nitrogens is 2. The van der Waals surface area contributed by atoms with Crippen LogP contribution < -0.4 is 11.4 Å². The predicted molar refractivity (Wildman–Crippen MR) is 66.9 cm³/mol. The summed E-state index contributed by atoms with van der Waals surface area (Å²) in [5.74, 6) is 0.836. The number of nitrogens with zero attached hydrogens (tertiary/aromatic N) is 2. The Morgan fingerprint density at radius 3 is 2.89 bits per heavy atom. The van der Waals surface area contributed by atoms with Gasteiger partial charge in [0.25, 0.3) is 0 Å². The van der Waals surface area contributed by atoms with Gasteiger partial charge in [-0.25, -0.2) is 4.79 Å². The molecule has 100 valence electrons. The number of aliphatic hydroxyl groups excluding tert-OH is 1. The molecule has 0 spiro atoms. The molecule has 3 N–H and O–H groups in total. The smallest absolute Gasteiger partial charge is 0.351 e. The van der Waals surface area contributed by atoms with Crippen LogP contribution in [-0.2, 0) is 4.74 Å². The van der Waals surface area contributed by atoms with Gasteiger partial charge < -0.3 is 15.6 Å². The third-order valence-electron chi connectivity index (χ3n) is 3.48. The molecule has 1 saturated heterocycles. The lowest BCUT2D eigenvalue weighted by atomic mass is 9.89. The summed E-state index contributed by atoms with van der Waals surface area (Å²) < 4.78 is 7.16. The lowest BCUT2D eigenvalue weighted by Crippen LogP contribution is -2.27. The van der Waals surface area contributed by atoms with E-state index in [2.05, 4.69) is 18.8 Å². The Balaban J connectivity index is 2.23. The Kier molecular flexibility index (Phi) is 3.68. The van der Waals surface area contributed by atoms with Crippen molar-refractivity contribution in [2.45, 2.75) is 32.6 Å². The summed E-state index contributed by atoms with van der Waals surface area (Å²) in [5.41, 5.74) is 5.03. The maximum atomic E-state index is 11.7. The van der Waals surface area contributed by atoms with Crippen LogP contribution in [0, 0.1) is 11.8 Å². The zero-order valence-corrected chi connectivity index (χ0v) is 10.6. The van der Waals surface area contributed by atoms with Gasteiger partial charge in [-0.3, -0.25) is 4.57 Å². The molecule has 0 bridgehead atoms. The van der Waals surface area contributed by atoms with Crippen molar-refractivity contribution in [2.75, 3.05) is 12.3 Å². The molecule has 2 rings (SSSR count). The van der Waals surface area contributed by atoms with Crippen molar-refractivity contribution in [3.63, 3.8) is 0 Å². The van der Waals surface area contributed by atoms with Gasteiger partial charge in [-0.15, -0.1) is 0 Å². The molecule has 0 aliphatic carbocycles. The van der Waals surface area contributed by atoms with E-state index in [-0.39, 0.29) is 30.7 Å². The quantitative estimate of drug-likeness (QED) is 0.812. The second kappa shape index (κ2) is 5.07. The first kappa shape index (κ1) is 13.0. The first-order valence-corrected chi connectivity index (χ1v) is 6.14. The average molecular weight is 253 g/mol. The number of rotatable bonds is 3. The minimum absolute atomic E-state index is 0.0313. The summed E-state index contributed by atoms with van der Waals surface area (Å²) in [6, 6.07) is 1.57. The fourth-order valence-electron chi connectivity index (χ4n) is 2.45. The highest BCUT2D eigenvalue weighted by Crippen LogP contribution is 2.36. The van der Waals surface area contributed by atoms with Gasteiger partial charge >= 0.3 is 5.69 Å². The SMILES string of the molecule is CC(C)C1C[C@H](n2ccc(N)nc2=O)O[C@@H]1CO. The first-order chi connectivity index (χ1) is 8.52. The third kappa shape index (κ3) is 2.39. The second-order valence-electron chi connectivity index (χ2n) is 5.00. The summed E-state index contributed by atoms with van der Waals surface area (Å²) >= 11 is 0. The number of anilines is 1. The van der Waals surface area contributed by atoms with E-state index in [9.17, 15) is 9.90 Å². The van der Waals surface area contributed by atoms with E-state index in [0.717, 1.165) is 0 Å². The van der Waals surface area contributed by atoms with Crippen molar-refractivity contribution in [3.05, 3.63) is 22.7 Å². The normalized spacial score (nSPS) is 27.9. The molecule has 1 fully saturated rings. The van der Waals surface area contributed by atoms with Crippen molar-refractivity contribution >= 4 is 5.82 Å². The van der Waals surface area contributed by atoms with Crippen molar-refractivity contribution in [1.82, 2.24) is 9.55 Å². The Morgan fingerprint density at radius 1 is 1.67 bits per heavy atom. The van der Waals surface area contributed by atoms with Crippen LogP contribution in [0.2, 0.25) is 0 Å². The highest BCUT2D eigenvalue weighted by Gasteiger charge is 2.37. The maximum absolute atomic E-state index is 11.7. The molecule has 0 radical (unpaired) electrons. The van der Waals surface area contributed by atoms with Crippen LogP contribution >= 0.6 is 0 Å². The van der Waals surface area contributed by atoms with Gasteiger partial charge in [0.1, 0.15) is 12.0 Å². The predicted octanol–water partition coefficient (Wildman–Crippen LogP) is 0.377. The van der Waals surface area contributed by atoms with Crippen LogP contribution in [0.1, 0.15) is 26.5 Å². The molecule has 1 aromatic heterocycles. The Hall–Kier alpha value is -1.40. The highest BCUT2D eigenvalue weighted by molar-refractivity contribution is 5.23. The van der Waals surface area contributed by atoms with Crippen molar-refractivity contribution < 1.29 is 9.84 Å². The molecule has 0 aromatic carbocycles. The van der Waals surface area contributed by atoms with E-state index in [1.165, 1.54) is 4.57 Å². The van der Waals surface area contributed by atoms with E-state index < -0.39 is 5.69 Å². The van der Waals surface area contributed by atoms with Crippen LogP contribution in [0.25, 0.3) is 0 Å². The summed E-state index contributed by atoms with van der Waals surface area (Å²) in [5, 5.41) is 9.32. The lowest BCUT2D eigenvalue weighted by molar-refractivity contribution is -0.0359. The molecule has 1 aliphatic rings. The van der Waals surface area contributed by atoms with Gasteiger partial charge in [-0.2, -0.15) is 4.98 Å². The number of nitrogens with two attached hydrogens (primary N) is 1. The number of ether oxygens (including phenoxy) is 1. The fourth-order valence-corrected chi connectivity index (χ4v) is 2.45. The molecule has 1 aliphatic heterocycles. The van der Waals surface area contributed by atoms with Gasteiger partial charge in [-0.1, -0.05) is 13.8 Å². The zero-order valence-electron chi connectivity index (χ0n) is 10.6. The number of hydrogen-bond acceptors (Lipinski definition) is 5. The molecular formula is C12H19N3O3. The molecule has 6 nitrogen and oxygen atoms in total. The molecule has 18 heavy (non-hydrogen) atoms. The molecule has 6 heteroatoms. The van der Waals surface area contributed by atoms with E-state index in [1.54, 1.807) is 12.3 Å². The topological polar surface area (TPSA) is 90.4 Å². The Morgan fingerprint density at radius 2 is 2.39 bits per heavy atom. The van der Waals surface area contributed by atoms with E-state index >= 15 is 0 Å². The van der Waals surface area contributed by atoms with Gasteiger partial charge in [-0.05, 0) is 24.3 Å². The zero-order chi connectivity index (χ0) is 13.3. The highest BCUT2D eigenvalue weighted by atomic mass is 16.5. The first-order valence-electron chi connectivity index (χ1n) is 6.14. The molecule has 2 heterocycles. The number of aliphatic hydroxyl groups is 1. The van der Waals surface area contributed by atoms with Crippen molar-refractivity contribution in [1.29, 1.82) is 0 Å². The lowest BCUT2D eigenvalue weighted by Gasteiger charge is -2.18. The molecular weight excluding hydrogens is 234 g/mol. The van der Waals surface area contributed by atoms with E-state index in [1.807, 2.05) is 0 Å². The van der Waals surface area contributed by atoms with Crippen molar-refractivity contribution in [3.8, 4) is 0 Å². The summed E-state index contributed by atoms with van der Waals surface area (Å²) in [6.45, 7) is 4.14. The fraction of sp³-hybridized carbons (Fsp3) is 0.667. The standard InChI is InChI=1S/C12H19N3O3/c1-7(2)8-5-11(18-9(8)6-16)15-4-3-10(13)14-12(15)17/h3-4,7-9,11,16H,5-6H2,1-2H3,(H2,13,14,17)/t8?,9-,11-/m1/s1. The summed E-state index contributed by atoms with van der Waals surface area (Å²) in [7, 11) is 0. The Bertz CT molecular complexity index is 472. The monoisotopic (exact) mass is 253 g/mol. The van der Waals surface area contributed by atoms with Crippen LogP contribution in [0.3, 0.4) is 0 Å². The molecule has 0 saturated carbocycles. The van der Waals surface area contributed by atoms with Crippen LogP contribution in [0.5, 0.6) is 0 Å². The van der Waals surface area contributed by atoms with Gasteiger partial charge in [0.2, 0.25) is 0 Å². The third-order valence-corrected chi connectivity index (χ3v) is 3.48. The largest absolute Gasteiger partial charge is 0.394 e. The number of hydrogen-bond donors (Lipinski definition) is 2. The summed E-state index contributed by atoms with van der Waals surface area (Å²) in [4.78, 5) is 15.4. The molecule has 1 aromatic rings. The molecule has 1 unspecified atom stereocenters. The molecule has 3 atom stereocenters. The minimum atomic E-state index is -0.416. The van der Waals surface area contributed by atoms with Gasteiger partial charge in [0, 0.05) is 6.20 Å². The van der Waals surface area contributed by atoms with Crippen LogP contribution in [0.4, 0.5) is 5.82 Å². The number of nitrogen functional groups attached to an aromatic ring is 1. The van der Waals surface area contributed by atoms with Gasteiger partial charge in [0.15, 0.2) is 0 Å². The van der Waals surface area contributed by atoms with E-state index in [4.69, 9.17) is 10.5 Å². The van der Waals surface area contributed by atoms with Crippen molar-refractivity contribution in [2.24, 2.45) is 11.8 Å².